The number of amides is 1. The molecule has 0 aromatic carbocycles. The number of hydrogen-bond donors (Lipinski definition) is 1. The van der Waals surface area contributed by atoms with E-state index in [1.54, 1.807) is 5.32 Å². The van der Waals surface area contributed by atoms with Gasteiger partial charge in [-0.05, 0) is 25.7 Å². The largest absolute Gasteiger partial charge is 0.383 e. The minimum atomic E-state index is -4.62. The fourth-order valence-electron chi connectivity index (χ4n) is 1.60. The standard InChI is InChI=1S/C10H15F4NO2/c11-8(12)10(13,14)9(16)15-5-4-7-3-1-2-6-17-7/h7-8H,1-6H2,(H,15,16). The van der Waals surface area contributed by atoms with E-state index < -0.39 is 18.3 Å². The van der Waals surface area contributed by atoms with Crippen LogP contribution in [-0.4, -0.2) is 37.5 Å². The maximum absolute atomic E-state index is 12.5. The topological polar surface area (TPSA) is 38.3 Å². The first-order valence-corrected chi connectivity index (χ1v) is 5.50. The molecule has 0 aromatic rings. The van der Waals surface area contributed by atoms with Crippen molar-refractivity contribution >= 4 is 5.91 Å². The van der Waals surface area contributed by atoms with E-state index in [-0.39, 0.29) is 12.6 Å². The van der Waals surface area contributed by atoms with E-state index in [4.69, 9.17) is 4.74 Å². The minimum absolute atomic E-state index is 0.0776. The highest BCUT2D eigenvalue weighted by molar-refractivity contribution is 5.83. The summed E-state index contributed by atoms with van der Waals surface area (Å²) >= 11 is 0. The zero-order chi connectivity index (χ0) is 12.9. The van der Waals surface area contributed by atoms with E-state index in [9.17, 15) is 22.4 Å². The molecule has 1 aliphatic heterocycles. The van der Waals surface area contributed by atoms with Gasteiger partial charge >= 0.3 is 12.3 Å². The molecule has 1 amide bonds. The van der Waals surface area contributed by atoms with Crippen LogP contribution in [0.25, 0.3) is 0 Å². The molecule has 0 aromatic heterocycles. The Labute approximate surface area is 96.5 Å². The average molecular weight is 257 g/mol. The lowest BCUT2D eigenvalue weighted by Crippen LogP contribution is -2.46. The molecule has 0 saturated carbocycles. The van der Waals surface area contributed by atoms with Gasteiger partial charge in [0.05, 0.1) is 6.10 Å². The van der Waals surface area contributed by atoms with Gasteiger partial charge in [0.15, 0.2) is 0 Å². The summed E-state index contributed by atoms with van der Waals surface area (Å²) in [5.74, 6) is -6.55. The van der Waals surface area contributed by atoms with Crippen LogP contribution >= 0.6 is 0 Å². The molecule has 0 bridgehead atoms. The van der Waals surface area contributed by atoms with Gasteiger partial charge in [0.2, 0.25) is 0 Å². The van der Waals surface area contributed by atoms with Crippen molar-refractivity contribution in [3.05, 3.63) is 0 Å². The second-order valence-electron chi connectivity index (χ2n) is 3.96. The first-order chi connectivity index (χ1) is 7.94. The fourth-order valence-corrected chi connectivity index (χ4v) is 1.60. The molecule has 1 atom stereocenters. The van der Waals surface area contributed by atoms with Crippen LogP contribution in [0.5, 0.6) is 0 Å². The van der Waals surface area contributed by atoms with Crippen LogP contribution in [0.4, 0.5) is 17.6 Å². The molecule has 1 aliphatic rings. The third kappa shape index (κ3) is 4.14. The number of carbonyl (C=O) groups excluding carboxylic acids is 1. The number of nitrogens with one attached hydrogen (secondary N) is 1. The van der Waals surface area contributed by atoms with Crippen LogP contribution in [0.2, 0.25) is 0 Å². The van der Waals surface area contributed by atoms with Crippen LogP contribution in [0.3, 0.4) is 0 Å². The van der Waals surface area contributed by atoms with Crippen molar-refractivity contribution in [3.8, 4) is 0 Å². The smallest absolute Gasteiger partial charge is 0.378 e. The molecule has 1 saturated heterocycles. The quantitative estimate of drug-likeness (QED) is 0.765. The Hall–Kier alpha value is -0.850. The molecule has 1 unspecified atom stereocenters. The van der Waals surface area contributed by atoms with Crippen LogP contribution in [0.1, 0.15) is 25.7 Å². The van der Waals surface area contributed by atoms with Crippen molar-refractivity contribution in [3.63, 3.8) is 0 Å². The lowest BCUT2D eigenvalue weighted by atomic mass is 10.1. The Bertz CT molecular complexity index is 255. The van der Waals surface area contributed by atoms with Crippen LogP contribution in [-0.2, 0) is 9.53 Å². The number of halogens is 4. The summed E-state index contributed by atoms with van der Waals surface area (Å²) < 4.78 is 53.9. The fraction of sp³-hybridized carbons (Fsp3) is 0.900. The van der Waals surface area contributed by atoms with E-state index in [1.807, 2.05) is 0 Å². The number of hydrogen-bond acceptors (Lipinski definition) is 2. The van der Waals surface area contributed by atoms with Gasteiger partial charge in [-0.3, -0.25) is 4.79 Å². The van der Waals surface area contributed by atoms with E-state index >= 15 is 0 Å². The third-order valence-electron chi connectivity index (χ3n) is 2.60. The summed E-state index contributed by atoms with van der Waals surface area (Å²) in [6.45, 7) is 0.539. The average Bonchev–Trinajstić information content (AvgIpc) is 2.30. The van der Waals surface area contributed by atoms with E-state index in [0.29, 0.717) is 13.0 Å². The van der Waals surface area contributed by atoms with Crippen molar-refractivity contribution in [2.24, 2.45) is 0 Å². The van der Waals surface area contributed by atoms with Gasteiger partial charge in [0, 0.05) is 13.2 Å². The summed E-state index contributed by atoms with van der Waals surface area (Å²) in [4.78, 5) is 10.8. The molecule has 1 heterocycles. The normalized spacial score (nSPS) is 21.6. The zero-order valence-electron chi connectivity index (χ0n) is 9.23. The molecular formula is C10H15F4NO2. The molecule has 7 heteroatoms. The van der Waals surface area contributed by atoms with Crippen molar-refractivity contribution < 1.29 is 27.1 Å². The minimum Gasteiger partial charge on any atom is -0.378 e. The predicted octanol–water partition coefficient (Wildman–Crippen LogP) is 1.96. The number of ether oxygens (including phenoxy) is 1. The second kappa shape index (κ2) is 6.18. The number of carbonyl (C=O) groups is 1. The Balaban J connectivity index is 2.23. The summed E-state index contributed by atoms with van der Waals surface area (Å²) in [7, 11) is 0. The Kier molecular flexibility index (Phi) is 5.17. The Morgan fingerprint density at radius 2 is 2.12 bits per heavy atom. The van der Waals surface area contributed by atoms with Gasteiger partial charge in [-0.2, -0.15) is 8.78 Å². The van der Waals surface area contributed by atoms with Gasteiger partial charge in [-0.15, -0.1) is 0 Å². The molecule has 0 aliphatic carbocycles. The van der Waals surface area contributed by atoms with Crippen molar-refractivity contribution in [2.45, 2.75) is 44.1 Å². The lowest BCUT2D eigenvalue weighted by Gasteiger charge is -2.23. The molecule has 17 heavy (non-hydrogen) atoms. The van der Waals surface area contributed by atoms with Crippen molar-refractivity contribution in [1.82, 2.24) is 5.32 Å². The van der Waals surface area contributed by atoms with Gasteiger partial charge in [-0.1, -0.05) is 0 Å². The molecular weight excluding hydrogens is 242 g/mol. The lowest BCUT2D eigenvalue weighted by molar-refractivity contribution is -0.169. The van der Waals surface area contributed by atoms with E-state index in [2.05, 4.69) is 0 Å². The summed E-state index contributed by atoms with van der Waals surface area (Å²) in [5, 5.41) is 1.80. The molecule has 0 radical (unpaired) electrons. The first-order valence-electron chi connectivity index (χ1n) is 5.50. The maximum Gasteiger partial charge on any atom is 0.383 e. The highest BCUT2D eigenvalue weighted by Gasteiger charge is 2.48. The predicted molar refractivity (Wildman–Crippen MR) is 52.2 cm³/mol. The Morgan fingerprint density at radius 1 is 1.41 bits per heavy atom. The molecule has 3 nitrogen and oxygen atoms in total. The summed E-state index contributed by atoms with van der Waals surface area (Å²) in [6.07, 6.45) is -0.928. The van der Waals surface area contributed by atoms with Gasteiger partial charge in [0.25, 0.3) is 5.91 Å². The van der Waals surface area contributed by atoms with Crippen LogP contribution in [0.15, 0.2) is 0 Å². The van der Waals surface area contributed by atoms with Gasteiger partial charge in [-0.25, -0.2) is 8.78 Å². The molecule has 100 valence electrons. The highest BCUT2D eigenvalue weighted by Crippen LogP contribution is 2.22. The van der Waals surface area contributed by atoms with E-state index in [0.717, 1.165) is 19.3 Å². The van der Waals surface area contributed by atoms with E-state index in [1.165, 1.54) is 0 Å². The maximum atomic E-state index is 12.5. The first kappa shape index (κ1) is 14.2. The number of alkyl halides is 4. The molecule has 1 rings (SSSR count). The molecule has 1 fully saturated rings. The Morgan fingerprint density at radius 3 is 2.65 bits per heavy atom. The van der Waals surface area contributed by atoms with Crippen molar-refractivity contribution in [1.29, 1.82) is 0 Å². The van der Waals surface area contributed by atoms with Crippen LogP contribution < -0.4 is 5.32 Å². The van der Waals surface area contributed by atoms with Crippen molar-refractivity contribution in [2.75, 3.05) is 13.2 Å². The summed E-state index contributed by atoms with van der Waals surface area (Å²) in [5.41, 5.74) is 0. The second-order valence-corrected chi connectivity index (χ2v) is 3.96. The third-order valence-corrected chi connectivity index (χ3v) is 2.60. The molecule has 0 spiro atoms. The molecule has 1 N–H and O–H groups in total. The summed E-state index contributed by atoms with van der Waals surface area (Å²) in [6, 6.07) is 0. The SMILES string of the molecule is O=C(NCCC1CCCCO1)C(F)(F)C(F)F. The van der Waals surface area contributed by atoms with Crippen LogP contribution in [0, 0.1) is 0 Å². The highest BCUT2D eigenvalue weighted by atomic mass is 19.3. The monoisotopic (exact) mass is 257 g/mol. The number of rotatable bonds is 5. The van der Waals surface area contributed by atoms with Gasteiger partial charge < -0.3 is 10.1 Å². The zero-order valence-corrected chi connectivity index (χ0v) is 9.23. The van der Waals surface area contributed by atoms with Gasteiger partial charge in [0.1, 0.15) is 0 Å².